The van der Waals surface area contributed by atoms with Gasteiger partial charge < -0.3 is 0 Å². The molecule has 0 aliphatic heterocycles. The molecule has 62 valence electrons. The molecule has 0 saturated heterocycles. The second-order valence-electron chi connectivity index (χ2n) is 2.04. The molecule has 0 unspecified atom stereocenters. The lowest BCUT2D eigenvalue weighted by atomic mass is 10.5. The third-order valence-corrected chi connectivity index (χ3v) is 1.90. The Hall–Kier alpha value is -1.28. The van der Waals surface area contributed by atoms with Gasteiger partial charge in [-0.2, -0.15) is 0 Å². The molecule has 0 spiro atoms. The number of nitrogens with zero attached hydrogens (tertiary/aromatic N) is 2. The molecule has 0 bridgehead atoms. The molecule has 0 aliphatic carbocycles. The molecule has 0 amide bonds. The molecule has 1 heterocycles. The second-order valence-corrected chi connectivity index (χ2v) is 3.00. The monoisotopic (exact) mass is 181 g/mol. The van der Waals surface area contributed by atoms with Crippen LogP contribution in [0.15, 0.2) is 9.95 Å². The van der Waals surface area contributed by atoms with Crippen molar-refractivity contribution in [1.29, 1.82) is 0 Å². The average molecular weight is 181 g/mol. The van der Waals surface area contributed by atoms with Crippen LogP contribution in [0.5, 0.6) is 0 Å². The molecular formula is C7H7N3OS. The third-order valence-electron chi connectivity index (χ3n) is 1.13. The van der Waals surface area contributed by atoms with E-state index in [0.717, 1.165) is 0 Å². The highest BCUT2D eigenvalue weighted by molar-refractivity contribution is 7.99. The van der Waals surface area contributed by atoms with E-state index in [-0.39, 0.29) is 5.56 Å². The Morgan fingerprint density at radius 1 is 1.67 bits per heavy atom. The van der Waals surface area contributed by atoms with Gasteiger partial charge in [0.05, 0.1) is 5.75 Å². The number of H-pyrrole nitrogens is 1. The van der Waals surface area contributed by atoms with Crippen molar-refractivity contribution in [2.45, 2.75) is 12.1 Å². The van der Waals surface area contributed by atoms with Gasteiger partial charge in [0.15, 0.2) is 5.16 Å². The molecule has 0 fully saturated rings. The minimum Gasteiger partial charge on any atom is -0.298 e. The van der Waals surface area contributed by atoms with Crippen LogP contribution in [0.4, 0.5) is 0 Å². The standard InChI is InChI=1S/C7H7N3OS/c1-3-4-12-7-8-6(11)5(2)9-10-7/h1H,4H2,2H3,(H,8,10,11). The van der Waals surface area contributed by atoms with Gasteiger partial charge in [0.2, 0.25) is 0 Å². The first-order chi connectivity index (χ1) is 5.74. The fourth-order valence-corrected chi connectivity index (χ4v) is 1.04. The van der Waals surface area contributed by atoms with E-state index in [9.17, 15) is 4.79 Å². The maximum atomic E-state index is 11.0. The Morgan fingerprint density at radius 2 is 2.42 bits per heavy atom. The Balaban J connectivity index is 2.84. The van der Waals surface area contributed by atoms with Gasteiger partial charge in [-0.05, 0) is 6.92 Å². The first-order valence-electron chi connectivity index (χ1n) is 3.24. The summed E-state index contributed by atoms with van der Waals surface area (Å²) in [5.41, 5.74) is 0.143. The van der Waals surface area contributed by atoms with E-state index >= 15 is 0 Å². The number of thioether (sulfide) groups is 1. The first kappa shape index (κ1) is 8.81. The van der Waals surface area contributed by atoms with Crippen LogP contribution in [0.1, 0.15) is 5.69 Å². The van der Waals surface area contributed by atoms with Crippen LogP contribution >= 0.6 is 11.8 Å². The van der Waals surface area contributed by atoms with Crippen molar-refractivity contribution in [3.63, 3.8) is 0 Å². The molecule has 1 aromatic rings. The number of terminal acetylenes is 1. The normalized spacial score (nSPS) is 9.33. The molecule has 1 aromatic heterocycles. The topological polar surface area (TPSA) is 58.6 Å². The SMILES string of the molecule is C#CCSc1nnc(C)c(=O)[nH]1. The number of rotatable bonds is 2. The summed E-state index contributed by atoms with van der Waals surface area (Å²) in [6.07, 6.45) is 5.03. The fourth-order valence-electron chi connectivity index (χ4n) is 0.553. The van der Waals surface area contributed by atoms with Gasteiger partial charge in [-0.25, -0.2) is 0 Å². The molecule has 1 N–H and O–H groups in total. The van der Waals surface area contributed by atoms with Crippen molar-refractivity contribution in [1.82, 2.24) is 15.2 Å². The molecule has 0 saturated carbocycles. The summed E-state index contributed by atoms with van der Waals surface area (Å²) in [5, 5.41) is 7.85. The van der Waals surface area contributed by atoms with Crippen molar-refractivity contribution in [2.24, 2.45) is 0 Å². The maximum Gasteiger partial charge on any atom is 0.273 e. The van der Waals surface area contributed by atoms with E-state index in [0.29, 0.717) is 16.6 Å². The van der Waals surface area contributed by atoms with E-state index < -0.39 is 0 Å². The molecule has 12 heavy (non-hydrogen) atoms. The molecule has 0 atom stereocenters. The zero-order valence-corrected chi connectivity index (χ0v) is 7.31. The van der Waals surface area contributed by atoms with Gasteiger partial charge in [0.1, 0.15) is 5.69 Å². The van der Waals surface area contributed by atoms with Gasteiger partial charge in [-0.15, -0.1) is 16.6 Å². The highest BCUT2D eigenvalue weighted by Gasteiger charge is 1.98. The first-order valence-corrected chi connectivity index (χ1v) is 4.22. The average Bonchev–Trinajstić information content (AvgIpc) is 2.07. The van der Waals surface area contributed by atoms with Crippen molar-refractivity contribution in [2.75, 3.05) is 5.75 Å². The lowest BCUT2D eigenvalue weighted by molar-refractivity contribution is 0.791. The second kappa shape index (κ2) is 3.93. The van der Waals surface area contributed by atoms with Crippen LogP contribution in [0, 0.1) is 19.3 Å². The third kappa shape index (κ3) is 2.10. The van der Waals surface area contributed by atoms with E-state index in [4.69, 9.17) is 6.42 Å². The van der Waals surface area contributed by atoms with Crippen molar-refractivity contribution in [3.8, 4) is 12.3 Å². The number of hydrogen-bond donors (Lipinski definition) is 1. The molecule has 0 aromatic carbocycles. The van der Waals surface area contributed by atoms with Crippen molar-refractivity contribution >= 4 is 11.8 Å². The van der Waals surface area contributed by atoms with Crippen LogP contribution in [-0.4, -0.2) is 20.9 Å². The largest absolute Gasteiger partial charge is 0.298 e. The summed E-state index contributed by atoms with van der Waals surface area (Å²) >= 11 is 1.28. The summed E-state index contributed by atoms with van der Waals surface area (Å²) in [6.45, 7) is 1.60. The molecule has 5 heteroatoms. The molecule has 0 radical (unpaired) electrons. The lowest BCUT2D eigenvalue weighted by Gasteiger charge is -1.94. The summed E-state index contributed by atoms with van der Waals surface area (Å²) in [6, 6.07) is 0. The van der Waals surface area contributed by atoms with Crippen molar-refractivity contribution in [3.05, 3.63) is 16.0 Å². The summed E-state index contributed by atoms with van der Waals surface area (Å²) in [7, 11) is 0. The lowest BCUT2D eigenvalue weighted by Crippen LogP contribution is -2.14. The maximum absolute atomic E-state index is 11.0. The number of hydrogen-bond acceptors (Lipinski definition) is 4. The number of nitrogens with one attached hydrogen (secondary N) is 1. The molecular weight excluding hydrogens is 174 g/mol. The minimum absolute atomic E-state index is 0.218. The van der Waals surface area contributed by atoms with E-state index in [1.807, 2.05) is 0 Å². The van der Waals surface area contributed by atoms with Crippen LogP contribution in [0.3, 0.4) is 0 Å². The number of aromatic amines is 1. The summed E-state index contributed by atoms with van der Waals surface area (Å²) in [5.74, 6) is 2.90. The zero-order valence-electron chi connectivity index (χ0n) is 6.50. The predicted octanol–water partition coefficient (Wildman–Crippen LogP) is 0.199. The number of aromatic nitrogens is 3. The van der Waals surface area contributed by atoms with Gasteiger partial charge in [0.25, 0.3) is 5.56 Å². The van der Waals surface area contributed by atoms with Crippen LogP contribution in [0.25, 0.3) is 0 Å². The molecule has 4 nitrogen and oxygen atoms in total. The Morgan fingerprint density at radius 3 is 3.00 bits per heavy atom. The quantitative estimate of drug-likeness (QED) is 0.523. The van der Waals surface area contributed by atoms with Crippen LogP contribution in [0.2, 0.25) is 0 Å². The summed E-state index contributed by atoms with van der Waals surface area (Å²) in [4.78, 5) is 13.5. The highest BCUT2D eigenvalue weighted by Crippen LogP contribution is 2.07. The summed E-state index contributed by atoms with van der Waals surface area (Å²) < 4.78 is 0. The van der Waals surface area contributed by atoms with E-state index in [1.54, 1.807) is 6.92 Å². The van der Waals surface area contributed by atoms with Gasteiger partial charge in [-0.3, -0.25) is 9.78 Å². The van der Waals surface area contributed by atoms with Crippen LogP contribution < -0.4 is 5.56 Å². The number of aryl methyl sites for hydroxylation is 1. The van der Waals surface area contributed by atoms with E-state index in [1.165, 1.54) is 11.8 Å². The smallest absolute Gasteiger partial charge is 0.273 e. The molecule has 1 rings (SSSR count). The molecule has 0 aliphatic rings. The predicted molar refractivity (Wildman–Crippen MR) is 46.9 cm³/mol. The van der Waals surface area contributed by atoms with Gasteiger partial charge in [0, 0.05) is 0 Å². The van der Waals surface area contributed by atoms with Gasteiger partial charge >= 0.3 is 0 Å². The Labute approximate surface area is 73.8 Å². The van der Waals surface area contributed by atoms with Crippen molar-refractivity contribution < 1.29 is 0 Å². The van der Waals surface area contributed by atoms with E-state index in [2.05, 4.69) is 21.1 Å². The fraction of sp³-hybridized carbons (Fsp3) is 0.286. The van der Waals surface area contributed by atoms with Gasteiger partial charge in [-0.1, -0.05) is 17.7 Å². The zero-order chi connectivity index (χ0) is 8.97. The van der Waals surface area contributed by atoms with Crippen LogP contribution in [-0.2, 0) is 0 Å². The Bertz CT molecular complexity index is 366. The minimum atomic E-state index is -0.218. The highest BCUT2D eigenvalue weighted by atomic mass is 32.2. The Kier molecular flexibility index (Phi) is 2.88.